The van der Waals surface area contributed by atoms with Crippen LogP contribution in [-0.2, 0) is 17.1 Å². The Hall–Kier alpha value is -2.69. The van der Waals surface area contributed by atoms with E-state index in [0.717, 1.165) is 26.9 Å². The number of thiophene rings is 1. The molecule has 0 saturated carbocycles. The van der Waals surface area contributed by atoms with Gasteiger partial charge in [0.2, 0.25) is 11.1 Å². The van der Waals surface area contributed by atoms with Crippen LogP contribution in [0.15, 0.2) is 76.4 Å². The second-order valence-corrected chi connectivity index (χ2v) is 9.16. The van der Waals surface area contributed by atoms with E-state index in [-0.39, 0.29) is 11.7 Å². The number of tetrazole rings is 1. The second-order valence-electron chi connectivity index (χ2n) is 6.19. The lowest BCUT2D eigenvalue weighted by molar-refractivity contribution is -0.113. The van der Waals surface area contributed by atoms with E-state index in [1.165, 1.54) is 11.8 Å². The number of thioether (sulfide) groups is 2. The number of hydrogen-bond acceptors (Lipinski definition) is 8. The molecule has 0 spiro atoms. The lowest BCUT2D eigenvalue weighted by Gasteiger charge is -2.07. The van der Waals surface area contributed by atoms with Gasteiger partial charge in [-0.15, -0.1) is 28.2 Å². The van der Waals surface area contributed by atoms with E-state index in [9.17, 15) is 4.79 Å². The Bertz CT molecular complexity index is 1080. The molecule has 3 heterocycles. The smallest absolute Gasteiger partial charge is 0.234 e. The van der Waals surface area contributed by atoms with Crippen LogP contribution in [0, 0.1) is 0 Å². The number of pyridine rings is 1. The number of carbonyl (C=O) groups is 1. The fourth-order valence-corrected chi connectivity index (χ4v) is 4.77. The zero-order chi connectivity index (χ0) is 20.6. The number of aromatic nitrogens is 5. The third kappa shape index (κ3) is 5.91. The van der Waals surface area contributed by atoms with Crippen molar-refractivity contribution in [1.82, 2.24) is 25.2 Å². The van der Waals surface area contributed by atoms with E-state index in [1.807, 2.05) is 60.0 Å². The Morgan fingerprint density at radius 1 is 1.10 bits per heavy atom. The predicted molar refractivity (Wildman–Crippen MR) is 121 cm³/mol. The van der Waals surface area contributed by atoms with Crippen LogP contribution in [0.25, 0.3) is 0 Å². The van der Waals surface area contributed by atoms with Gasteiger partial charge in [0.25, 0.3) is 0 Å². The average molecular weight is 455 g/mol. The highest BCUT2D eigenvalue weighted by molar-refractivity contribution is 7.99. The minimum Gasteiger partial charge on any atom is -0.325 e. The minimum atomic E-state index is -0.0970. The Kier molecular flexibility index (Phi) is 7.11. The molecule has 1 amide bonds. The molecule has 1 N–H and O–H groups in total. The molecule has 0 aliphatic heterocycles. The largest absolute Gasteiger partial charge is 0.325 e. The van der Waals surface area contributed by atoms with E-state index in [1.54, 1.807) is 34.0 Å². The van der Waals surface area contributed by atoms with E-state index >= 15 is 0 Å². The van der Waals surface area contributed by atoms with Gasteiger partial charge >= 0.3 is 0 Å². The molecular formula is C20H18N6OS3. The van der Waals surface area contributed by atoms with Gasteiger partial charge in [-0.3, -0.25) is 4.79 Å². The number of benzene rings is 1. The zero-order valence-electron chi connectivity index (χ0n) is 15.8. The van der Waals surface area contributed by atoms with Crippen molar-refractivity contribution in [1.29, 1.82) is 0 Å². The molecule has 0 fully saturated rings. The van der Waals surface area contributed by atoms with Crippen molar-refractivity contribution in [2.24, 2.45) is 0 Å². The molecule has 152 valence electrons. The molecule has 7 nitrogen and oxygen atoms in total. The van der Waals surface area contributed by atoms with Crippen LogP contribution in [0.5, 0.6) is 0 Å². The summed E-state index contributed by atoms with van der Waals surface area (Å²) in [6, 6.07) is 17.7. The van der Waals surface area contributed by atoms with Crippen LogP contribution in [0.4, 0.5) is 5.69 Å². The summed E-state index contributed by atoms with van der Waals surface area (Å²) < 4.78 is 1.71. The highest BCUT2D eigenvalue weighted by Crippen LogP contribution is 2.22. The number of hydrogen-bond donors (Lipinski definition) is 1. The maximum Gasteiger partial charge on any atom is 0.234 e. The van der Waals surface area contributed by atoms with Gasteiger partial charge in [-0.05, 0) is 51.7 Å². The summed E-state index contributed by atoms with van der Waals surface area (Å²) in [6.45, 7) is 0.602. The van der Waals surface area contributed by atoms with Gasteiger partial charge in [0, 0.05) is 22.5 Å². The topological polar surface area (TPSA) is 85.6 Å². The molecule has 0 aliphatic rings. The van der Waals surface area contributed by atoms with E-state index in [2.05, 4.69) is 25.8 Å². The molecule has 10 heteroatoms. The molecule has 0 bridgehead atoms. The van der Waals surface area contributed by atoms with Crippen molar-refractivity contribution in [2.45, 2.75) is 22.5 Å². The third-order valence-electron chi connectivity index (χ3n) is 3.95. The number of nitrogens with one attached hydrogen (secondary N) is 1. The first-order chi connectivity index (χ1) is 14.8. The number of rotatable bonds is 9. The molecule has 4 aromatic rings. The van der Waals surface area contributed by atoms with Gasteiger partial charge in [-0.25, -0.2) is 9.67 Å². The zero-order valence-corrected chi connectivity index (χ0v) is 18.3. The molecule has 3 aromatic heterocycles. The van der Waals surface area contributed by atoms with Gasteiger partial charge in [0.05, 0.1) is 17.3 Å². The van der Waals surface area contributed by atoms with E-state index < -0.39 is 0 Å². The van der Waals surface area contributed by atoms with E-state index in [4.69, 9.17) is 0 Å². The first-order valence-electron chi connectivity index (χ1n) is 9.10. The highest BCUT2D eigenvalue weighted by Gasteiger charge is 2.11. The molecule has 4 rings (SSSR count). The Morgan fingerprint density at radius 2 is 2.07 bits per heavy atom. The summed E-state index contributed by atoms with van der Waals surface area (Å²) in [5, 5.41) is 18.3. The highest BCUT2D eigenvalue weighted by atomic mass is 32.2. The molecule has 0 radical (unpaired) electrons. The lowest BCUT2D eigenvalue weighted by Crippen LogP contribution is -2.15. The molecule has 30 heavy (non-hydrogen) atoms. The second kappa shape index (κ2) is 10.4. The van der Waals surface area contributed by atoms with Gasteiger partial charge in [-0.2, -0.15) is 0 Å². The number of nitrogens with zero attached hydrogens (tertiary/aromatic N) is 5. The summed E-state index contributed by atoms with van der Waals surface area (Å²) in [5.41, 5.74) is 1.90. The van der Waals surface area contributed by atoms with Crippen molar-refractivity contribution < 1.29 is 4.79 Å². The van der Waals surface area contributed by atoms with Crippen molar-refractivity contribution in [3.8, 4) is 0 Å². The van der Waals surface area contributed by atoms with Crippen LogP contribution in [-0.4, -0.2) is 36.9 Å². The third-order valence-corrected chi connectivity index (χ3v) is 6.79. The summed E-state index contributed by atoms with van der Waals surface area (Å²) in [5.74, 6) is 0.922. The summed E-state index contributed by atoms with van der Waals surface area (Å²) in [6.07, 6.45) is 1.79. The number of carbonyl (C=O) groups excluding carboxylic acids is 1. The fourth-order valence-electron chi connectivity index (χ4n) is 2.60. The minimum absolute atomic E-state index is 0.0970. The van der Waals surface area contributed by atoms with Crippen LogP contribution in [0.3, 0.4) is 0 Å². The summed E-state index contributed by atoms with van der Waals surface area (Å²) in [7, 11) is 0. The Morgan fingerprint density at radius 3 is 2.90 bits per heavy atom. The SMILES string of the molecule is O=C(CSc1nnnn1Cc1cccs1)Nc1cccc(CSc2ccccn2)c1. The maximum absolute atomic E-state index is 12.4. The van der Waals surface area contributed by atoms with Crippen LogP contribution in [0.2, 0.25) is 0 Å². The number of anilines is 1. The first-order valence-corrected chi connectivity index (χ1v) is 12.0. The van der Waals surface area contributed by atoms with Crippen molar-refractivity contribution >= 4 is 46.5 Å². The van der Waals surface area contributed by atoms with Gasteiger partial charge in [0.1, 0.15) is 0 Å². The Labute approximate surface area is 186 Å². The van der Waals surface area contributed by atoms with Gasteiger partial charge in [-0.1, -0.05) is 36.0 Å². The monoisotopic (exact) mass is 454 g/mol. The van der Waals surface area contributed by atoms with Gasteiger partial charge in [0.15, 0.2) is 0 Å². The van der Waals surface area contributed by atoms with Crippen LogP contribution in [0.1, 0.15) is 10.4 Å². The van der Waals surface area contributed by atoms with Crippen LogP contribution >= 0.6 is 34.9 Å². The average Bonchev–Trinajstić information content (AvgIpc) is 3.44. The lowest BCUT2D eigenvalue weighted by atomic mass is 10.2. The maximum atomic E-state index is 12.4. The molecule has 0 aliphatic carbocycles. The number of amides is 1. The normalized spacial score (nSPS) is 10.8. The van der Waals surface area contributed by atoms with Crippen molar-refractivity contribution in [2.75, 3.05) is 11.1 Å². The van der Waals surface area contributed by atoms with Crippen LogP contribution < -0.4 is 5.32 Å². The Balaban J connectivity index is 1.29. The summed E-state index contributed by atoms with van der Waals surface area (Å²) >= 11 is 4.63. The van der Waals surface area contributed by atoms with E-state index in [0.29, 0.717) is 11.7 Å². The quantitative estimate of drug-likeness (QED) is 0.379. The van der Waals surface area contributed by atoms with Gasteiger partial charge < -0.3 is 5.32 Å². The first kappa shape index (κ1) is 20.6. The molecular weight excluding hydrogens is 436 g/mol. The molecule has 1 aromatic carbocycles. The standard InChI is InChI=1S/C20H18N6OS3/c27-18(14-30-20-23-24-25-26(20)12-17-7-4-10-28-17)22-16-6-3-5-15(11-16)13-29-19-8-1-2-9-21-19/h1-11H,12-14H2,(H,22,27). The van der Waals surface area contributed by atoms with Crippen molar-refractivity contribution in [3.63, 3.8) is 0 Å². The predicted octanol–water partition coefficient (Wildman–Crippen LogP) is 4.20. The molecule has 0 saturated heterocycles. The van der Waals surface area contributed by atoms with Crippen molar-refractivity contribution in [3.05, 3.63) is 76.6 Å². The summed E-state index contributed by atoms with van der Waals surface area (Å²) in [4.78, 5) is 17.9. The molecule has 0 atom stereocenters. The fraction of sp³-hybridized carbons (Fsp3) is 0.150. The molecule has 0 unspecified atom stereocenters.